The van der Waals surface area contributed by atoms with E-state index in [1.165, 1.54) is 16.6 Å². The van der Waals surface area contributed by atoms with Crippen LogP contribution in [0.15, 0.2) is 24.3 Å². The third kappa shape index (κ3) is 5.40. The summed E-state index contributed by atoms with van der Waals surface area (Å²) in [5.74, 6) is 0.392. The Morgan fingerprint density at radius 3 is 2.78 bits per heavy atom. The van der Waals surface area contributed by atoms with Gasteiger partial charge in [0.2, 0.25) is 10.0 Å². The average molecular weight is 348 g/mol. The molecule has 1 saturated heterocycles. The number of nitrogens with zero attached hydrogens (tertiary/aromatic N) is 1. The molecule has 0 saturated carbocycles. The Morgan fingerprint density at radius 1 is 1.43 bits per heavy atom. The summed E-state index contributed by atoms with van der Waals surface area (Å²) in [7, 11) is -3.13. The minimum absolute atomic E-state index is 0.0384. The van der Waals surface area contributed by atoms with Gasteiger partial charge in [-0.2, -0.15) is 8.78 Å². The summed E-state index contributed by atoms with van der Waals surface area (Å²) in [4.78, 5) is 0. The topological polar surface area (TPSA) is 58.6 Å². The van der Waals surface area contributed by atoms with E-state index in [0.717, 1.165) is 12.0 Å². The maximum absolute atomic E-state index is 12.2. The fourth-order valence-electron chi connectivity index (χ4n) is 2.69. The molecule has 2 unspecified atom stereocenters. The van der Waals surface area contributed by atoms with Crippen molar-refractivity contribution in [2.45, 2.75) is 26.0 Å². The van der Waals surface area contributed by atoms with Gasteiger partial charge in [0.25, 0.3) is 0 Å². The van der Waals surface area contributed by atoms with Gasteiger partial charge >= 0.3 is 6.61 Å². The first kappa shape index (κ1) is 18.1. The predicted molar refractivity (Wildman–Crippen MR) is 84.0 cm³/mol. The first-order chi connectivity index (χ1) is 10.8. The minimum atomic E-state index is -3.13. The molecular weight excluding hydrogens is 326 g/mol. The summed E-state index contributed by atoms with van der Waals surface area (Å²) in [5.41, 5.74) is 0.848. The van der Waals surface area contributed by atoms with E-state index in [1.54, 1.807) is 12.1 Å². The number of hydrogen-bond donors (Lipinski definition) is 1. The van der Waals surface area contributed by atoms with Crippen molar-refractivity contribution in [3.8, 4) is 5.75 Å². The first-order valence-corrected chi connectivity index (χ1v) is 9.34. The molecule has 0 spiro atoms. The Balaban J connectivity index is 1.87. The lowest BCUT2D eigenvalue weighted by Crippen LogP contribution is -2.31. The monoisotopic (exact) mass is 348 g/mol. The molecule has 130 valence electrons. The van der Waals surface area contributed by atoms with E-state index < -0.39 is 16.6 Å². The summed E-state index contributed by atoms with van der Waals surface area (Å²) in [6, 6.07) is 6.55. The number of ether oxygens (including phenoxy) is 1. The minimum Gasteiger partial charge on any atom is -0.435 e. The molecule has 1 aromatic rings. The number of nitrogens with one attached hydrogen (secondary N) is 1. The third-order valence-corrected chi connectivity index (χ3v) is 5.28. The second-order valence-electron chi connectivity index (χ2n) is 5.86. The number of benzene rings is 1. The van der Waals surface area contributed by atoms with Crippen molar-refractivity contribution in [2.75, 3.05) is 25.9 Å². The van der Waals surface area contributed by atoms with Gasteiger partial charge in [0.1, 0.15) is 5.75 Å². The molecule has 1 fully saturated rings. The SMILES string of the molecule is CC(NCC1CCN(S(C)(=O)=O)C1)c1cccc(OC(F)F)c1. The summed E-state index contributed by atoms with van der Waals surface area (Å²) in [6.07, 6.45) is 2.04. The molecule has 0 aromatic heterocycles. The smallest absolute Gasteiger partial charge is 0.387 e. The molecule has 5 nitrogen and oxygen atoms in total. The molecule has 0 amide bonds. The highest BCUT2D eigenvalue weighted by molar-refractivity contribution is 7.88. The Kier molecular flexibility index (Phi) is 5.94. The lowest BCUT2D eigenvalue weighted by Gasteiger charge is -2.18. The maximum Gasteiger partial charge on any atom is 0.387 e. The molecule has 2 atom stereocenters. The molecule has 1 aliphatic rings. The van der Waals surface area contributed by atoms with Crippen LogP contribution in [0.1, 0.15) is 24.9 Å². The molecule has 2 rings (SSSR count). The van der Waals surface area contributed by atoms with Crippen molar-refractivity contribution in [3.05, 3.63) is 29.8 Å². The van der Waals surface area contributed by atoms with E-state index in [1.807, 2.05) is 13.0 Å². The van der Waals surface area contributed by atoms with E-state index in [-0.39, 0.29) is 17.7 Å². The lowest BCUT2D eigenvalue weighted by molar-refractivity contribution is -0.0499. The van der Waals surface area contributed by atoms with Gasteiger partial charge in [-0.1, -0.05) is 12.1 Å². The molecule has 1 N–H and O–H groups in total. The van der Waals surface area contributed by atoms with Crippen LogP contribution in [-0.2, 0) is 10.0 Å². The normalized spacial score (nSPS) is 20.8. The van der Waals surface area contributed by atoms with Crippen molar-refractivity contribution >= 4 is 10.0 Å². The van der Waals surface area contributed by atoms with Crippen LogP contribution in [0.5, 0.6) is 5.75 Å². The maximum atomic E-state index is 12.2. The average Bonchev–Trinajstić information content (AvgIpc) is 2.93. The molecule has 8 heteroatoms. The van der Waals surface area contributed by atoms with Gasteiger partial charge in [-0.3, -0.25) is 0 Å². The predicted octanol–water partition coefficient (Wildman–Crippen LogP) is 2.22. The molecule has 0 aliphatic carbocycles. The summed E-state index contributed by atoms with van der Waals surface area (Å²) >= 11 is 0. The van der Waals surface area contributed by atoms with Gasteiger partial charge in [-0.15, -0.1) is 0 Å². The summed E-state index contributed by atoms with van der Waals surface area (Å²) in [6.45, 7) is 0.844. The van der Waals surface area contributed by atoms with Crippen molar-refractivity contribution in [1.29, 1.82) is 0 Å². The van der Waals surface area contributed by atoms with Crippen molar-refractivity contribution in [2.24, 2.45) is 5.92 Å². The standard InChI is InChI=1S/C15H22F2N2O3S/c1-11(13-4-3-5-14(8-13)22-15(16)17)18-9-12-6-7-19(10-12)23(2,20)21/h3-5,8,11-12,15,18H,6-7,9-10H2,1-2H3. The van der Waals surface area contributed by atoms with Crippen molar-refractivity contribution in [1.82, 2.24) is 9.62 Å². The van der Waals surface area contributed by atoms with E-state index in [4.69, 9.17) is 0 Å². The van der Waals surface area contributed by atoms with Crippen LogP contribution in [0.3, 0.4) is 0 Å². The Labute approximate surface area is 135 Å². The fraction of sp³-hybridized carbons (Fsp3) is 0.600. The number of halogens is 2. The summed E-state index contributed by atoms with van der Waals surface area (Å²) in [5, 5.41) is 3.33. The number of sulfonamides is 1. The van der Waals surface area contributed by atoms with Gasteiger partial charge < -0.3 is 10.1 Å². The molecule has 1 heterocycles. The van der Waals surface area contributed by atoms with Gasteiger partial charge in [0.15, 0.2) is 0 Å². The van der Waals surface area contributed by atoms with Gasteiger partial charge in [-0.25, -0.2) is 12.7 Å². The first-order valence-electron chi connectivity index (χ1n) is 7.49. The van der Waals surface area contributed by atoms with Gasteiger partial charge in [0, 0.05) is 19.1 Å². The fourth-order valence-corrected chi connectivity index (χ4v) is 3.60. The van der Waals surface area contributed by atoms with Crippen LogP contribution in [0.25, 0.3) is 0 Å². The van der Waals surface area contributed by atoms with Gasteiger partial charge in [-0.05, 0) is 43.5 Å². The zero-order valence-corrected chi connectivity index (χ0v) is 14.0. The van der Waals surface area contributed by atoms with Crippen LogP contribution < -0.4 is 10.1 Å². The molecule has 1 aliphatic heterocycles. The van der Waals surface area contributed by atoms with Crippen LogP contribution in [0, 0.1) is 5.92 Å². The second kappa shape index (κ2) is 7.55. The third-order valence-electron chi connectivity index (χ3n) is 4.01. The summed E-state index contributed by atoms with van der Waals surface area (Å²) < 4.78 is 53.4. The Bertz CT molecular complexity index is 625. The highest BCUT2D eigenvalue weighted by Gasteiger charge is 2.28. The highest BCUT2D eigenvalue weighted by Crippen LogP contribution is 2.22. The molecule has 23 heavy (non-hydrogen) atoms. The van der Waals surface area contributed by atoms with E-state index in [9.17, 15) is 17.2 Å². The zero-order chi connectivity index (χ0) is 17.0. The van der Waals surface area contributed by atoms with Crippen LogP contribution in [-0.4, -0.2) is 45.2 Å². The number of alkyl halides is 2. The molecule has 1 aromatic carbocycles. The van der Waals surface area contributed by atoms with Crippen LogP contribution in [0.4, 0.5) is 8.78 Å². The largest absolute Gasteiger partial charge is 0.435 e. The quantitative estimate of drug-likeness (QED) is 0.821. The van der Waals surface area contributed by atoms with Gasteiger partial charge in [0.05, 0.1) is 6.26 Å². The van der Waals surface area contributed by atoms with Crippen LogP contribution in [0.2, 0.25) is 0 Å². The highest BCUT2D eigenvalue weighted by atomic mass is 32.2. The zero-order valence-electron chi connectivity index (χ0n) is 13.2. The lowest BCUT2D eigenvalue weighted by atomic mass is 10.1. The second-order valence-corrected chi connectivity index (χ2v) is 7.84. The molecule has 0 radical (unpaired) electrons. The Hall–Kier alpha value is -1.25. The van der Waals surface area contributed by atoms with Crippen molar-refractivity contribution < 1.29 is 21.9 Å². The number of hydrogen-bond acceptors (Lipinski definition) is 4. The number of rotatable bonds is 7. The Morgan fingerprint density at radius 2 is 2.17 bits per heavy atom. The van der Waals surface area contributed by atoms with E-state index >= 15 is 0 Å². The van der Waals surface area contributed by atoms with Crippen molar-refractivity contribution in [3.63, 3.8) is 0 Å². The van der Waals surface area contributed by atoms with E-state index in [0.29, 0.717) is 19.6 Å². The molecular formula is C15H22F2N2O3S. The van der Waals surface area contributed by atoms with Crippen LogP contribution >= 0.6 is 0 Å². The van der Waals surface area contributed by atoms with E-state index in [2.05, 4.69) is 10.1 Å². The molecule has 0 bridgehead atoms.